The predicted octanol–water partition coefficient (Wildman–Crippen LogP) is 3.47. The van der Waals surface area contributed by atoms with E-state index in [9.17, 15) is 0 Å². The molecule has 1 aromatic rings. The van der Waals surface area contributed by atoms with Crippen molar-refractivity contribution in [3.63, 3.8) is 0 Å². The standard InChI is InChI=1S/C13H23N3S/c1-3-4-7-14-13-15-11(2)10-16(13)12-5-8-17-9-6-12/h10,12H,3-9H2,1-2H3,(H,14,15). The van der Waals surface area contributed by atoms with Crippen molar-refractivity contribution >= 4 is 17.7 Å². The van der Waals surface area contributed by atoms with E-state index in [1.54, 1.807) is 0 Å². The van der Waals surface area contributed by atoms with Crippen LogP contribution in [0.5, 0.6) is 0 Å². The average Bonchev–Trinajstić information content (AvgIpc) is 2.72. The van der Waals surface area contributed by atoms with Gasteiger partial charge in [-0.25, -0.2) is 4.98 Å². The Morgan fingerprint density at radius 1 is 1.47 bits per heavy atom. The van der Waals surface area contributed by atoms with Crippen LogP contribution < -0.4 is 5.32 Å². The molecule has 0 amide bonds. The molecule has 2 rings (SSSR count). The van der Waals surface area contributed by atoms with Crippen molar-refractivity contribution in [2.24, 2.45) is 0 Å². The summed E-state index contributed by atoms with van der Waals surface area (Å²) in [7, 11) is 0. The van der Waals surface area contributed by atoms with Gasteiger partial charge in [-0.1, -0.05) is 13.3 Å². The maximum atomic E-state index is 4.60. The van der Waals surface area contributed by atoms with Crippen molar-refractivity contribution < 1.29 is 0 Å². The van der Waals surface area contributed by atoms with Crippen LogP contribution in [0.3, 0.4) is 0 Å². The van der Waals surface area contributed by atoms with Gasteiger partial charge in [0.1, 0.15) is 0 Å². The van der Waals surface area contributed by atoms with E-state index in [0.29, 0.717) is 6.04 Å². The summed E-state index contributed by atoms with van der Waals surface area (Å²) < 4.78 is 2.37. The molecule has 1 fully saturated rings. The molecule has 0 atom stereocenters. The summed E-state index contributed by atoms with van der Waals surface area (Å²) in [5, 5.41) is 3.48. The Hall–Kier alpha value is -0.640. The highest BCUT2D eigenvalue weighted by atomic mass is 32.2. The molecular weight excluding hydrogens is 230 g/mol. The lowest BCUT2D eigenvalue weighted by molar-refractivity contribution is 0.473. The lowest BCUT2D eigenvalue weighted by atomic mass is 10.1. The number of nitrogens with zero attached hydrogens (tertiary/aromatic N) is 2. The van der Waals surface area contributed by atoms with E-state index in [2.05, 4.69) is 46.7 Å². The third kappa shape index (κ3) is 3.41. The number of hydrogen-bond acceptors (Lipinski definition) is 3. The topological polar surface area (TPSA) is 29.9 Å². The molecule has 0 radical (unpaired) electrons. The smallest absolute Gasteiger partial charge is 0.203 e. The van der Waals surface area contributed by atoms with E-state index < -0.39 is 0 Å². The van der Waals surface area contributed by atoms with Crippen LogP contribution in [0.25, 0.3) is 0 Å². The molecule has 3 nitrogen and oxygen atoms in total. The van der Waals surface area contributed by atoms with Gasteiger partial charge in [-0.05, 0) is 37.7 Å². The molecule has 0 aromatic carbocycles. The predicted molar refractivity (Wildman–Crippen MR) is 76.0 cm³/mol. The molecule has 4 heteroatoms. The maximum Gasteiger partial charge on any atom is 0.203 e. The van der Waals surface area contributed by atoms with Crippen LogP contribution >= 0.6 is 11.8 Å². The fraction of sp³-hybridized carbons (Fsp3) is 0.769. The van der Waals surface area contributed by atoms with Crippen LogP contribution in [0.1, 0.15) is 44.3 Å². The Morgan fingerprint density at radius 3 is 2.94 bits per heavy atom. The third-order valence-corrected chi connectivity index (χ3v) is 4.30. The molecule has 0 spiro atoms. The fourth-order valence-corrected chi connectivity index (χ4v) is 3.35. The van der Waals surface area contributed by atoms with Crippen molar-refractivity contribution in [3.05, 3.63) is 11.9 Å². The maximum absolute atomic E-state index is 4.60. The lowest BCUT2D eigenvalue weighted by Gasteiger charge is -2.24. The molecule has 1 aliphatic heterocycles. The van der Waals surface area contributed by atoms with Gasteiger partial charge < -0.3 is 9.88 Å². The van der Waals surface area contributed by atoms with E-state index >= 15 is 0 Å². The Kier molecular flexibility index (Phi) is 4.77. The minimum Gasteiger partial charge on any atom is -0.356 e. The molecule has 1 aliphatic rings. The minimum atomic E-state index is 0.654. The molecule has 17 heavy (non-hydrogen) atoms. The van der Waals surface area contributed by atoms with Crippen molar-refractivity contribution in [2.75, 3.05) is 23.4 Å². The molecule has 0 aliphatic carbocycles. The van der Waals surface area contributed by atoms with E-state index in [1.807, 2.05) is 0 Å². The van der Waals surface area contributed by atoms with Gasteiger partial charge in [-0.2, -0.15) is 11.8 Å². The van der Waals surface area contributed by atoms with Gasteiger partial charge in [0.05, 0.1) is 5.69 Å². The summed E-state index contributed by atoms with van der Waals surface area (Å²) in [6, 6.07) is 0.654. The zero-order valence-corrected chi connectivity index (χ0v) is 11.7. The second kappa shape index (κ2) is 6.34. The first-order valence-corrected chi connectivity index (χ1v) is 7.84. The molecule has 1 N–H and O–H groups in total. The summed E-state index contributed by atoms with van der Waals surface area (Å²) in [5.74, 6) is 3.65. The van der Waals surface area contributed by atoms with Crippen LogP contribution in [-0.4, -0.2) is 27.6 Å². The van der Waals surface area contributed by atoms with Gasteiger partial charge in [0.15, 0.2) is 0 Å². The number of imidazole rings is 1. The van der Waals surface area contributed by atoms with Crippen molar-refractivity contribution in [1.82, 2.24) is 9.55 Å². The lowest BCUT2D eigenvalue weighted by Crippen LogP contribution is -2.17. The zero-order chi connectivity index (χ0) is 12.1. The Morgan fingerprint density at radius 2 is 2.24 bits per heavy atom. The summed E-state index contributed by atoms with van der Waals surface area (Å²) in [6.07, 6.45) is 7.21. The number of anilines is 1. The monoisotopic (exact) mass is 253 g/mol. The second-order valence-electron chi connectivity index (χ2n) is 4.74. The second-order valence-corrected chi connectivity index (χ2v) is 5.96. The first-order chi connectivity index (χ1) is 8.31. The summed E-state index contributed by atoms with van der Waals surface area (Å²) >= 11 is 2.07. The van der Waals surface area contributed by atoms with Crippen LogP contribution in [0.2, 0.25) is 0 Å². The van der Waals surface area contributed by atoms with Gasteiger partial charge in [-0.3, -0.25) is 0 Å². The highest BCUT2D eigenvalue weighted by Crippen LogP contribution is 2.29. The largest absolute Gasteiger partial charge is 0.356 e. The Labute approximate surface area is 108 Å². The SMILES string of the molecule is CCCCNc1nc(C)cn1C1CCSCC1. The number of unbranched alkanes of at least 4 members (excludes halogenated alkanes) is 1. The number of aromatic nitrogens is 2. The number of nitrogens with one attached hydrogen (secondary N) is 1. The first kappa shape index (κ1) is 12.8. The highest BCUT2D eigenvalue weighted by Gasteiger charge is 2.18. The number of aryl methyl sites for hydroxylation is 1. The summed E-state index contributed by atoms with van der Waals surface area (Å²) in [5.41, 5.74) is 1.13. The summed E-state index contributed by atoms with van der Waals surface area (Å²) in [4.78, 5) is 4.60. The molecule has 0 bridgehead atoms. The van der Waals surface area contributed by atoms with Crippen LogP contribution in [0.15, 0.2) is 6.20 Å². The minimum absolute atomic E-state index is 0.654. The van der Waals surface area contributed by atoms with Gasteiger partial charge in [0.2, 0.25) is 5.95 Å². The van der Waals surface area contributed by atoms with Gasteiger partial charge in [0.25, 0.3) is 0 Å². The van der Waals surface area contributed by atoms with Crippen molar-refractivity contribution in [1.29, 1.82) is 0 Å². The molecule has 0 saturated carbocycles. The third-order valence-electron chi connectivity index (χ3n) is 3.25. The highest BCUT2D eigenvalue weighted by molar-refractivity contribution is 7.99. The van der Waals surface area contributed by atoms with Crippen LogP contribution in [-0.2, 0) is 0 Å². The normalized spacial score (nSPS) is 17.3. The van der Waals surface area contributed by atoms with Crippen LogP contribution in [0, 0.1) is 6.92 Å². The molecule has 1 saturated heterocycles. The Bertz CT molecular complexity index is 342. The number of rotatable bonds is 5. The van der Waals surface area contributed by atoms with Crippen molar-refractivity contribution in [2.45, 2.75) is 45.6 Å². The molecule has 2 heterocycles. The number of hydrogen-bond donors (Lipinski definition) is 1. The first-order valence-electron chi connectivity index (χ1n) is 6.68. The summed E-state index contributed by atoms with van der Waals surface area (Å²) in [6.45, 7) is 5.34. The number of thioether (sulfide) groups is 1. The Balaban J connectivity index is 2.03. The van der Waals surface area contributed by atoms with Gasteiger partial charge in [0, 0.05) is 18.8 Å². The van der Waals surface area contributed by atoms with Crippen molar-refractivity contribution in [3.8, 4) is 0 Å². The fourth-order valence-electron chi connectivity index (χ4n) is 2.27. The zero-order valence-electron chi connectivity index (χ0n) is 10.9. The van der Waals surface area contributed by atoms with Gasteiger partial charge >= 0.3 is 0 Å². The van der Waals surface area contributed by atoms with E-state index in [4.69, 9.17) is 0 Å². The van der Waals surface area contributed by atoms with E-state index in [1.165, 1.54) is 37.2 Å². The molecular formula is C13H23N3S. The van der Waals surface area contributed by atoms with Crippen LogP contribution in [0.4, 0.5) is 5.95 Å². The van der Waals surface area contributed by atoms with E-state index in [-0.39, 0.29) is 0 Å². The van der Waals surface area contributed by atoms with Gasteiger partial charge in [-0.15, -0.1) is 0 Å². The average molecular weight is 253 g/mol. The quantitative estimate of drug-likeness (QED) is 0.815. The molecule has 0 unspecified atom stereocenters. The van der Waals surface area contributed by atoms with E-state index in [0.717, 1.165) is 18.2 Å². The molecule has 96 valence electrons. The molecule has 1 aromatic heterocycles.